The van der Waals surface area contributed by atoms with E-state index in [9.17, 15) is 0 Å². The van der Waals surface area contributed by atoms with Crippen LogP contribution in [-0.4, -0.2) is 13.4 Å². The maximum atomic E-state index is 5.27. The number of rotatable bonds is 5. The molecule has 0 saturated carbocycles. The molecule has 0 atom stereocenters. The Morgan fingerprint density at radius 1 is 0.750 bits per heavy atom. The number of methoxy groups -OCH3 is 1. The molecule has 0 aliphatic rings. The molecule has 2 heteroatoms. The third kappa shape index (κ3) is 2.96. The normalized spacial score (nSPS) is 11.0. The summed E-state index contributed by atoms with van der Waals surface area (Å²) in [5.74, 6) is 0.846. The zero-order valence-corrected chi connectivity index (χ0v) is 14.7. The minimum atomic E-state index is -2.00. The summed E-state index contributed by atoms with van der Waals surface area (Å²) < 4.78 is 5.27. The van der Waals surface area contributed by atoms with Gasteiger partial charge >= 0.3 is 0 Å². The number of benzene rings is 3. The Morgan fingerprint density at radius 2 is 1.21 bits per heavy atom. The van der Waals surface area contributed by atoms with E-state index < -0.39 is 6.89 Å². The van der Waals surface area contributed by atoms with Gasteiger partial charge in [-0.25, -0.2) is 0 Å². The molecule has 3 aromatic carbocycles. The lowest BCUT2D eigenvalue weighted by molar-refractivity contribution is 0.415. The van der Waals surface area contributed by atoms with Crippen molar-refractivity contribution in [2.24, 2.45) is 0 Å². The molecule has 0 aliphatic heterocycles. The van der Waals surface area contributed by atoms with E-state index in [4.69, 9.17) is 11.0 Å². The van der Waals surface area contributed by atoms with E-state index in [1.54, 1.807) is 7.11 Å². The van der Waals surface area contributed by atoms with Gasteiger partial charge in [0, 0.05) is 0 Å². The van der Waals surface area contributed by atoms with Crippen molar-refractivity contribution >= 4 is 29.1 Å². The van der Waals surface area contributed by atoms with Crippen molar-refractivity contribution in [3.8, 4) is 5.75 Å². The summed E-state index contributed by atoms with van der Waals surface area (Å²) in [7, 11) is 1.68. The second kappa shape index (κ2) is 6.95. The lowest BCUT2D eigenvalue weighted by Gasteiger charge is -2.28. The van der Waals surface area contributed by atoms with Crippen LogP contribution in [-0.2, 0) is 0 Å². The highest BCUT2D eigenvalue weighted by Crippen LogP contribution is 2.55. The van der Waals surface area contributed by atoms with Gasteiger partial charge in [-0.15, -0.1) is 0 Å². The fraction of sp³-hybridized carbons (Fsp3) is 0.0455. The van der Waals surface area contributed by atoms with E-state index >= 15 is 0 Å². The van der Waals surface area contributed by atoms with E-state index in [2.05, 4.69) is 67.2 Å². The number of ether oxygens (including phenoxy) is 1. The average molecular weight is 332 g/mol. The molecule has 0 N–H and O–H groups in total. The summed E-state index contributed by atoms with van der Waals surface area (Å²) >= 11 is 0. The van der Waals surface area contributed by atoms with Crippen LogP contribution in [0.1, 0.15) is 5.56 Å². The molecule has 0 aliphatic carbocycles. The van der Waals surface area contributed by atoms with E-state index in [1.807, 2.05) is 24.3 Å². The van der Waals surface area contributed by atoms with Gasteiger partial charge in [0.05, 0.1) is 7.11 Å². The Hall–Kier alpha value is -2.50. The monoisotopic (exact) mass is 332 g/mol. The Labute approximate surface area is 144 Å². The highest BCUT2D eigenvalue weighted by atomic mass is 31.2. The van der Waals surface area contributed by atoms with Crippen LogP contribution >= 0.6 is 6.89 Å². The summed E-state index contributed by atoms with van der Waals surface area (Å²) in [5.41, 5.74) is 1.10. The Morgan fingerprint density at radius 3 is 1.62 bits per heavy atom. The van der Waals surface area contributed by atoms with Crippen molar-refractivity contribution in [3.05, 3.63) is 97.1 Å². The van der Waals surface area contributed by atoms with Crippen LogP contribution in [0.25, 0.3) is 5.31 Å². The summed E-state index contributed by atoms with van der Waals surface area (Å²) in [6.07, 6.45) is 4.71. The molecular weight excluding hydrogens is 311 g/mol. The van der Waals surface area contributed by atoms with Gasteiger partial charge in [0.2, 0.25) is 0 Å². The third-order valence-corrected chi connectivity index (χ3v) is 7.82. The predicted octanol–water partition coefficient (Wildman–Crippen LogP) is 4.77. The molecule has 1 nitrogen and oxygen atoms in total. The lowest BCUT2D eigenvalue weighted by Crippen LogP contribution is -2.17. The molecule has 0 unspecified atom stereocenters. The molecular formula is C22H21OP. The predicted molar refractivity (Wildman–Crippen MR) is 108 cm³/mol. The SMILES string of the molecule is C=C(c1ccc(OC)cc1)P(=C)(c1ccccc1)c1ccccc1. The lowest BCUT2D eigenvalue weighted by atomic mass is 10.2. The maximum Gasteiger partial charge on any atom is 0.118 e. The molecule has 24 heavy (non-hydrogen) atoms. The van der Waals surface area contributed by atoms with E-state index in [0.29, 0.717) is 0 Å². The Kier molecular flexibility index (Phi) is 4.74. The first-order valence-corrected chi connectivity index (χ1v) is 9.82. The second-order valence-electron chi connectivity index (χ2n) is 5.66. The van der Waals surface area contributed by atoms with Crippen LogP contribution in [0.3, 0.4) is 0 Å². The van der Waals surface area contributed by atoms with Crippen LogP contribution in [0, 0.1) is 0 Å². The van der Waals surface area contributed by atoms with Crippen LogP contribution < -0.4 is 15.3 Å². The van der Waals surface area contributed by atoms with Gasteiger partial charge in [0.15, 0.2) is 0 Å². The van der Waals surface area contributed by atoms with Gasteiger partial charge in [0.1, 0.15) is 5.75 Å². The van der Waals surface area contributed by atoms with E-state index in [0.717, 1.165) is 16.6 Å². The number of hydrogen-bond donors (Lipinski definition) is 0. The molecule has 0 spiro atoms. The molecule has 3 rings (SSSR count). The second-order valence-corrected chi connectivity index (χ2v) is 8.85. The van der Waals surface area contributed by atoms with Crippen molar-refractivity contribution in [3.63, 3.8) is 0 Å². The van der Waals surface area contributed by atoms with Crippen molar-refractivity contribution < 1.29 is 4.74 Å². The molecule has 0 radical (unpaired) electrons. The molecule has 0 bridgehead atoms. The van der Waals surface area contributed by atoms with Crippen molar-refractivity contribution in [1.82, 2.24) is 0 Å². The van der Waals surface area contributed by atoms with Crippen molar-refractivity contribution in [1.29, 1.82) is 0 Å². The quantitative estimate of drug-likeness (QED) is 0.612. The summed E-state index contributed by atoms with van der Waals surface area (Å²) in [6, 6.07) is 29.0. The van der Waals surface area contributed by atoms with Gasteiger partial charge < -0.3 is 4.74 Å². The first-order valence-electron chi connectivity index (χ1n) is 7.85. The molecule has 0 amide bonds. The van der Waals surface area contributed by atoms with Crippen LogP contribution in [0.15, 0.2) is 91.5 Å². The smallest absolute Gasteiger partial charge is 0.118 e. The minimum absolute atomic E-state index is 0.846. The van der Waals surface area contributed by atoms with Crippen molar-refractivity contribution in [2.45, 2.75) is 0 Å². The fourth-order valence-corrected chi connectivity index (χ4v) is 5.70. The molecule has 0 heterocycles. The summed E-state index contributed by atoms with van der Waals surface area (Å²) in [6.45, 7) is 2.46. The highest BCUT2D eigenvalue weighted by Gasteiger charge is 2.24. The van der Waals surface area contributed by atoms with Gasteiger partial charge in [-0.3, -0.25) is 0 Å². The molecule has 0 saturated heterocycles. The van der Waals surface area contributed by atoms with Gasteiger partial charge in [-0.2, -0.15) is 0 Å². The highest BCUT2D eigenvalue weighted by molar-refractivity contribution is 7.95. The maximum absolute atomic E-state index is 5.27. The third-order valence-electron chi connectivity index (χ3n) is 4.28. The number of hydrogen-bond acceptors (Lipinski definition) is 1. The Balaban J connectivity index is 2.15. The Bertz CT molecular complexity index is 821. The molecule has 120 valence electrons. The van der Waals surface area contributed by atoms with Crippen LogP contribution in [0.5, 0.6) is 5.75 Å². The van der Waals surface area contributed by atoms with E-state index in [-0.39, 0.29) is 0 Å². The largest absolute Gasteiger partial charge is 0.497 e. The van der Waals surface area contributed by atoms with Gasteiger partial charge in [0.25, 0.3) is 0 Å². The summed E-state index contributed by atoms with van der Waals surface area (Å²) in [4.78, 5) is 0. The summed E-state index contributed by atoms with van der Waals surface area (Å²) in [5, 5.41) is 3.54. The van der Waals surface area contributed by atoms with Crippen molar-refractivity contribution in [2.75, 3.05) is 7.11 Å². The zero-order chi connectivity index (χ0) is 17.0. The van der Waals surface area contributed by atoms with Gasteiger partial charge in [-0.1, -0.05) is 85.7 Å². The molecule has 3 aromatic rings. The topological polar surface area (TPSA) is 9.23 Å². The first-order chi connectivity index (χ1) is 11.7. The average Bonchev–Trinajstić information content (AvgIpc) is 2.68. The zero-order valence-electron chi connectivity index (χ0n) is 13.9. The minimum Gasteiger partial charge on any atom is -0.497 e. The first kappa shape index (κ1) is 16.4. The molecule has 0 fully saturated rings. The van der Waals surface area contributed by atoms with E-state index in [1.165, 1.54) is 10.6 Å². The van der Waals surface area contributed by atoms with Crippen LogP contribution in [0.4, 0.5) is 0 Å². The van der Waals surface area contributed by atoms with Crippen LogP contribution in [0.2, 0.25) is 0 Å². The standard InChI is InChI=1S/C22H21OP/c1-18(19-14-16-20(23-2)17-15-19)24(3,21-10-6-4-7-11-21)22-12-8-5-9-13-22/h4-17H,1,3H2,2H3. The van der Waals surface area contributed by atoms with Gasteiger partial charge in [-0.05, 0) is 40.5 Å². The fourth-order valence-electron chi connectivity index (χ4n) is 2.83. The molecule has 0 aromatic heterocycles.